The molecule has 1 heterocycles. The highest BCUT2D eigenvalue weighted by Crippen LogP contribution is 2.21. The largest absolute Gasteiger partial charge is 0.459 e. The number of hydrogen-bond donors (Lipinski definition) is 1. The van der Waals surface area contributed by atoms with Gasteiger partial charge in [0.15, 0.2) is 0 Å². The number of nitrogens with one attached hydrogen (secondary N) is 1. The third-order valence-corrected chi connectivity index (χ3v) is 4.04. The van der Waals surface area contributed by atoms with Crippen LogP contribution in [0.5, 0.6) is 0 Å². The second-order valence-electron chi connectivity index (χ2n) is 5.78. The van der Waals surface area contributed by atoms with E-state index in [1.54, 1.807) is 0 Å². The minimum atomic E-state index is -0.542. The maximum Gasteiger partial charge on any atom is 0.328 e. The molecule has 2 atom stereocenters. The second-order valence-corrected chi connectivity index (χ2v) is 5.78. The number of carbonyl (C=O) groups is 2. The molecule has 1 saturated heterocycles. The number of carbonyl (C=O) groups excluding carboxylic acids is 2. The Morgan fingerprint density at radius 3 is 2.26 bits per heavy atom. The summed E-state index contributed by atoms with van der Waals surface area (Å²) in [7, 11) is 0. The molecule has 1 N–H and O–H groups in total. The first-order valence-electron chi connectivity index (χ1n) is 7.77. The lowest BCUT2D eigenvalue weighted by molar-refractivity contribution is -0.147. The minimum Gasteiger partial charge on any atom is -0.459 e. The van der Waals surface area contributed by atoms with Crippen LogP contribution in [0.1, 0.15) is 17.5 Å². The number of benzene rings is 2. The molecule has 0 bridgehead atoms. The fraction of sp³-hybridized carbons (Fsp3) is 0.263. The van der Waals surface area contributed by atoms with E-state index in [-0.39, 0.29) is 24.4 Å². The highest BCUT2D eigenvalue weighted by molar-refractivity contribution is 5.89. The summed E-state index contributed by atoms with van der Waals surface area (Å²) in [5, 5.41) is 2.75. The van der Waals surface area contributed by atoms with Crippen molar-refractivity contribution in [1.29, 1.82) is 0 Å². The zero-order valence-corrected chi connectivity index (χ0v) is 12.8. The topological polar surface area (TPSA) is 55.4 Å². The van der Waals surface area contributed by atoms with Crippen LogP contribution in [0.2, 0.25) is 0 Å². The van der Waals surface area contributed by atoms with Crippen molar-refractivity contribution in [2.75, 3.05) is 0 Å². The van der Waals surface area contributed by atoms with Crippen LogP contribution in [0, 0.1) is 5.92 Å². The van der Waals surface area contributed by atoms with Crippen molar-refractivity contribution in [3.63, 3.8) is 0 Å². The molecule has 0 radical (unpaired) electrons. The van der Waals surface area contributed by atoms with Crippen LogP contribution in [0.3, 0.4) is 0 Å². The summed E-state index contributed by atoms with van der Waals surface area (Å²) in [5.41, 5.74) is 2.04. The van der Waals surface area contributed by atoms with Gasteiger partial charge < -0.3 is 10.1 Å². The predicted octanol–water partition coefficient (Wildman–Crippen LogP) is 2.48. The molecule has 1 fully saturated rings. The van der Waals surface area contributed by atoms with Crippen molar-refractivity contribution in [1.82, 2.24) is 5.32 Å². The zero-order chi connectivity index (χ0) is 16.1. The molecule has 1 aliphatic rings. The molecule has 118 valence electrons. The van der Waals surface area contributed by atoms with E-state index in [4.69, 9.17) is 4.74 Å². The van der Waals surface area contributed by atoms with Gasteiger partial charge in [0.05, 0.1) is 0 Å². The normalized spacial score (nSPS) is 20.1. The summed E-state index contributed by atoms with van der Waals surface area (Å²) >= 11 is 0. The van der Waals surface area contributed by atoms with Crippen LogP contribution in [0.15, 0.2) is 60.7 Å². The zero-order valence-electron chi connectivity index (χ0n) is 12.8. The number of amides is 1. The molecule has 1 amide bonds. The van der Waals surface area contributed by atoms with Crippen molar-refractivity contribution < 1.29 is 14.3 Å². The Bertz CT molecular complexity index is 670. The molecule has 0 aliphatic carbocycles. The minimum absolute atomic E-state index is 0.0736. The summed E-state index contributed by atoms with van der Waals surface area (Å²) in [6.45, 7) is 0.232. The fourth-order valence-corrected chi connectivity index (χ4v) is 2.80. The van der Waals surface area contributed by atoms with E-state index >= 15 is 0 Å². The smallest absolute Gasteiger partial charge is 0.328 e. The Morgan fingerprint density at radius 2 is 1.61 bits per heavy atom. The Balaban J connectivity index is 1.53. The molecule has 0 spiro atoms. The third-order valence-electron chi connectivity index (χ3n) is 4.04. The lowest BCUT2D eigenvalue weighted by atomic mass is 9.96. The summed E-state index contributed by atoms with van der Waals surface area (Å²) < 4.78 is 5.31. The average Bonchev–Trinajstić information content (AvgIpc) is 2.95. The summed E-state index contributed by atoms with van der Waals surface area (Å²) in [4.78, 5) is 24.2. The van der Waals surface area contributed by atoms with Gasteiger partial charge in [-0.3, -0.25) is 4.79 Å². The van der Waals surface area contributed by atoms with E-state index in [1.807, 2.05) is 60.7 Å². The van der Waals surface area contributed by atoms with Crippen molar-refractivity contribution in [2.24, 2.45) is 5.92 Å². The van der Waals surface area contributed by atoms with Crippen molar-refractivity contribution >= 4 is 11.9 Å². The molecule has 0 aromatic heterocycles. The Labute approximate surface area is 135 Å². The van der Waals surface area contributed by atoms with E-state index < -0.39 is 6.04 Å². The van der Waals surface area contributed by atoms with Gasteiger partial charge in [0, 0.05) is 5.92 Å². The van der Waals surface area contributed by atoms with E-state index in [0.29, 0.717) is 12.8 Å². The first-order valence-corrected chi connectivity index (χ1v) is 7.77. The van der Waals surface area contributed by atoms with Crippen LogP contribution in [0.4, 0.5) is 0 Å². The highest BCUT2D eigenvalue weighted by Gasteiger charge is 2.36. The highest BCUT2D eigenvalue weighted by atomic mass is 16.5. The van der Waals surface area contributed by atoms with Gasteiger partial charge in [-0.25, -0.2) is 4.79 Å². The van der Waals surface area contributed by atoms with Crippen LogP contribution in [-0.4, -0.2) is 17.9 Å². The quantitative estimate of drug-likeness (QED) is 0.863. The Kier molecular flexibility index (Phi) is 4.71. The first kappa shape index (κ1) is 15.3. The first-order chi connectivity index (χ1) is 11.2. The lowest BCUT2D eigenvalue weighted by Gasteiger charge is -2.10. The molecule has 4 heteroatoms. The van der Waals surface area contributed by atoms with Crippen molar-refractivity contribution in [3.05, 3.63) is 71.8 Å². The van der Waals surface area contributed by atoms with Crippen LogP contribution in [-0.2, 0) is 27.4 Å². The molecule has 2 aromatic rings. The second kappa shape index (κ2) is 7.09. The summed E-state index contributed by atoms with van der Waals surface area (Å²) in [6.07, 6.45) is 1.14. The molecule has 0 unspecified atom stereocenters. The monoisotopic (exact) mass is 309 g/mol. The van der Waals surface area contributed by atoms with Crippen molar-refractivity contribution in [2.45, 2.75) is 25.5 Å². The molecular weight excluding hydrogens is 290 g/mol. The SMILES string of the molecule is O=C1N[C@H](C(=O)OCc2ccccc2)C[C@H]1Cc1ccccc1. The molecular formula is C19H19NO3. The summed E-state index contributed by atoms with van der Waals surface area (Å²) in [5.74, 6) is -0.611. The summed E-state index contributed by atoms with van der Waals surface area (Å²) in [6, 6.07) is 18.8. The van der Waals surface area contributed by atoms with Crippen LogP contribution in [0.25, 0.3) is 0 Å². The van der Waals surface area contributed by atoms with Gasteiger partial charge in [-0.15, -0.1) is 0 Å². The van der Waals surface area contributed by atoms with Gasteiger partial charge >= 0.3 is 5.97 Å². The fourth-order valence-electron chi connectivity index (χ4n) is 2.80. The standard InChI is InChI=1S/C19H19NO3/c21-18-16(11-14-7-3-1-4-8-14)12-17(20-18)19(22)23-13-15-9-5-2-6-10-15/h1-10,16-17H,11-13H2,(H,20,21)/t16-,17+/m1/s1. The van der Waals surface area contributed by atoms with E-state index in [2.05, 4.69) is 5.32 Å². The Hall–Kier alpha value is -2.62. The molecule has 0 saturated carbocycles. The number of esters is 1. The predicted molar refractivity (Wildman–Crippen MR) is 86.4 cm³/mol. The van der Waals surface area contributed by atoms with E-state index in [0.717, 1.165) is 11.1 Å². The Morgan fingerprint density at radius 1 is 1.00 bits per heavy atom. The molecule has 2 aromatic carbocycles. The van der Waals surface area contributed by atoms with Gasteiger partial charge in [0.1, 0.15) is 12.6 Å². The molecule has 4 nitrogen and oxygen atoms in total. The van der Waals surface area contributed by atoms with Gasteiger partial charge in [-0.1, -0.05) is 60.7 Å². The molecule has 3 rings (SSSR count). The lowest BCUT2D eigenvalue weighted by Crippen LogP contribution is -2.34. The molecule has 23 heavy (non-hydrogen) atoms. The van der Waals surface area contributed by atoms with E-state index in [9.17, 15) is 9.59 Å². The van der Waals surface area contributed by atoms with Gasteiger partial charge in [0.25, 0.3) is 0 Å². The third kappa shape index (κ3) is 3.97. The maximum absolute atomic E-state index is 12.1. The van der Waals surface area contributed by atoms with Crippen LogP contribution < -0.4 is 5.32 Å². The number of ether oxygens (including phenoxy) is 1. The maximum atomic E-state index is 12.1. The average molecular weight is 309 g/mol. The van der Waals surface area contributed by atoms with E-state index in [1.165, 1.54) is 0 Å². The number of hydrogen-bond acceptors (Lipinski definition) is 3. The van der Waals surface area contributed by atoms with Gasteiger partial charge in [-0.05, 0) is 24.0 Å². The number of rotatable bonds is 5. The van der Waals surface area contributed by atoms with Crippen molar-refractivity contribution in [3.8, 4) is 0 Å². The molecule has 1 aliphatic heterocycles. The van der Waals surface area contributed by atoms with Gasteiger partial charge in [-0.2, -0.15) is 0 Å². The van der Waals surface area contributed by atoms with Gasteiger partial charge in [0.2, 0.25) is 5.91 Å². The van der Waals surface area contributed by atoms with Crippen LogP contribution >= 0.6 is 0 Å².